The van der Waals surface area contributed by atoms with Crippen molar-refractivity contribution < 1.29 is 205 Å². The van der Waals surface area contributed by atoms with Gasteiger partial charge in [-0.05, 0) is 27.7 Å². The molecule has 0 bridgehead atoms. The van der Waals surface area contributed by atoms with Crippen LogP contribution in [-0.2, 0) is 103 Å². The summed E-state index contributed by atoms with van der Waals surface area (Å²) in [6, 6.07) is 0. The Kier molecular flexibility index (Phi) is 47.8. The van der Waals surface area contributed by atoms with Crippen molar-refractivity contribution in [2.24, 2.45) is 0 Å². The van der Waals surface area contributed by atoms with E-state index in [9.17, 15) is 57.5 Å². The van der Waals surface area contributed by atoms with Crippen molar-refractivity contribution in [2.45, 2.75) is 101 Å². The van der Waals surface area contributed by atoms with E-state index in [1.54, 1.807) is 0 Å². The summed E-state index contributed by atoms with van der Waals surface area (Å²) in [5.41, 5.74) is -11.0. The molecule has 0 saturated heterocycles. The van der Waals surface area contributed by atoms with Gasteiger partial charge in [0.25, 0.3) is 0 Å². The molecule has 0 amide bonds. The van der Waals surface area contributed by atoms with Gasteiger partial charge in [0.2, 0.25) is 0 Å². The van der Waals surface area contributed by atoms with Crippen LogP contribution < -0.4 is 20.4 Å². The number of carboxylic acid groups (broad SMARTS) is 16. The number of aliphatic hydroxyl groups is 4. The molecule has 0 aliphatic carbocycles. The maximum absolute atomic E-state index is 10.3. The third kappa shape index (κ3) is 64.6. The van der Waals surface area contributed by atoms with Gasteiger partial charge >= 0.3 is 97.8 Å². The summed E-state index contributed by atoms with van der Waals surface area (Å²) < 4.78 is 0. The molecule has 0 heterocycles. The summed E-state index contributed by atoms with van der Waals surface area (Å²) in [5.74, 6) is -24.4. The number of carbonyl (C=O) groups is 16. The molecular formula is C32H44O36Zr. The van der Waals surface area contributed by atoms with Crippen LogP contribution in [0.5, 0.6) is 0 Å². The Labute approximate surface area is 401 Å². The topological polar surface area (TPSA) is 689 Å². The zero-order chi connectivity index (χ0) is 56.9. The largest absolute Gasteiger partial charge is 4.00 e. The van der Waals surface area contributed by atoms with Crippen LogP contribution in [0.15, 0.2) is 0 Å². The second-order valence-electron chi connectivity index (χ2n) is 11.9. The molecule has 392 valence electrons. The quantitative estimate of drug-likeness (QED) is 0.0538. The molecule has 0 aromatic rings. The Bertz CT molecular complexity index is 1460. The van der Waals surface area contributed by atoms with Crippen molar-refractivity contribution in [1.29, 1.82) is 0 Å². The standard InChI is InChI=1S/4C6H8O7.4C2H4O2.Zr/c4*7-3(8)1-6(13,5(11)12)2-4(9)10;4*1-2(3)4;/h4*13H,1-2H2,(H,7,8)(H,9,10)(H,11,12);4*1H3,(H,3,4);/q;;;;;;;;+4/p-4. The molecule has 0 rings (SSSR count). The summed E-state index contributed by atoms with van der Waals surface area (Å²) in [5, 5.41) is 171. The van der Waals surface area contributed by atoms with E-state index in [1.807, 2.05) is 0 Å². The van der Waals surface area contributed by atoms with Gasteiger partial charge in [-0.15, -0.1) is 0 Å². The van der Waals surface area contributed by atoms with Gasteiger partial charge in [-0.25, -0.2) is 19.2 Å². The minimum absolute atomic E-state index is 0. The van der Waals surface area contributed by atoms with Gasteiger partial charge in [-0.3, -0.25) is 38.4 Å². The second kappa shape index (κ2) is 40.5. The SMILES string of the molecule is CC(=O)[O-].CC(=O)[O-].CC(=O)[O-].CC(=O)[O-].O=C(O)CC(O)(CC(=O)O)C(=O)O.O=C(O)CC(O)(CC(=O)O)C(=O)O.O=C(O)CC(O)(CC(=O)O)C(=O)O.O=C(O)CC(O)(CC(=O)O)C(=O)O.[Zr+4]. The van der Waals surface area contributed by atoms with E-state index in [0.29, 0.717) is 0 Å². The van der Waals surface area contributed by atoms with E-state index < -0.39 is 169 Å². The molecule has 36 nitrogen and oxygen atoms in total. The minimum Gasteiger partial charge on any atom is -0.550 e. The van der Waals surface area contributed by atoms with E-state index >= 15 is 0 Å². The maximum atomic E-state index is 10.3. The molecule has 0 aliphatic rings. The summed E-state index contributed by atoms with van der Waals surface area (Å²) in [4.78, 5) is 157. The predicted octanol–water partition coefficient (Wildman–Crippen LogP) is -9.97. The molecule has 16 N–H and O–H groups in total. The summed E-state index contributed by atoms with van der Waals surface area (Å²) in [7, 11) is 0. The van der Waals surface area contributed by atoms with E-state index in [1.165, 1.54) is 0 Å². The average Bonchev–Trinajstić information content (AvgIpc) is 3.01. The van der Waals surface area contributed by atoms with Crippen LogP contribution in [0.1, 0.15) is 79.1 Å². The van der Waals surface area contributed by atoms with Crippen LogP contribution in [0.4, 0.5) is 0 Å². The molecule has 69 heavy (non-hydrogen) atoms. The molecule has 0 aromatic heterocycles. The smallest absolute Gasteiger partial charge is 0.550 e. The molecule has 0 spiro atoms. The number of hydrogen-bond donors (Lipinski definition) is 16. The first-order valence-electron chi connectivity index (χ1n) is 16.3. The third-order valence-corrected chi connectivity index (χ3v) is 5.14. The van der Waals surface area contributed by atoms with E-state index in [0.717, 1.165) is 27.7 Å². The normalized spacial score (nSPS) is 9.62. The van der Waals surface area contributed by atoms with Gasteiger partial charge in [-0.1, -0.05) is 0 Å². The van der Waals surface area contributed by atoms with Crippen molar-refractivity contribution in [3.63, 3.8) is 0 Å². The Morgan fingerprint density at radius 3 is 0.348 bits per heavy atom. The molecule has 0 aliphatic heterocycles. The van der Waals surface area contributed by atoms with Crippen molar-refractivity contribution in [3.8, 4) is 0 Å². The van der Waals surface area contributed by atoms with Crippen molar-refractivity contribution in [1.82, 2.24) is 0 Å². The minimum atomic E-state index is -2.74. The summed E-state index contributed by atoms with van der Waals surface area (Å²) >= 11 is 0. The monoisotopic (exact) mass is 1090 g/mol. The first-order chi connectivity index (χ1) is 30.0. The number of rotatable bonds is 20. The zero-order valence-electron chi connectivity index (χ0n) is 35.5. The van der Waals surface area contributed by atoms with Crippen LogP contribution in [0.25, 0.3) is 0 Å². The molecule has 0 radical (unpaired) electrons. The number of aliphatic carboxylic acids is 16. The Balaban J connectivity index is -0.0000000893. The average molecular weight is 1100 g/mol. The molecule has 0 aromatic carbocycles. The van der Waals surface area contributed by atoms with Gasteiger partial charge in [0, 0.05) is 23.9 Å². The number of hydrogen-bond acceptors (Lipinski definition) is 24. The first-order valence-corrected chi connectivity index (χ1v) is 16.3. The van der Waals surface area contributed by atoms with Crippen molar-refractivity contribution in [2.75, 3.05) is 0 Å². The van der Waals surface area contributed by atoms with Gasteiger partial charge in [-0.2, -0.15) is 0 Å². The van der Waals surface area contributed by atoms with E-state index in [2.05, 4.69) is 0 Å². The van der Waals surface area contributed by atoms with Crippen LogP contribution >= 0.6 is 0 Å². The third-order valence-electron chi connectivity index (χ3n) is 5.14. The van der Waals surface area contributed by atoms with Crippen LogP contribution in [0.3, 0.4) is 0 Å². The van der Waals surface area contributed by atoms with E-state index in [-0.39, 0.29) is 26.2 Å². The van der Waals surface area contributed by atoms with Gasteiger partial charge in [0.15, 0.2) is 22.4 Å². The number of carboxylic acids is 16. The second-order valence-corrected chi connectivity index (χ2v) is 11.9. The predicted molar refractivity (Wildman–Crippen MR) is 191 cm³/mol. The van der Waals surface area contributed by atoms with Gasteiger partial charge in [0.05, 0.1) is 51.4 Å². The fourth-order valence-electron chi connectivity index (χ4n) is 2.86. The van der Waals surface area contributed by atoms with Crippen molar-refractivity contribution >= 4 is 95.5 Å². The molecule has 0 atom stereocenters. The molecule has 0 saturated carbocycles. The van der Waals surface area contributed by atoms with Crippen LogP contribution in [-0.4, -0.2) is 200 Å². The van der Waals surface area contributed by atoms with Gasteiger partial charge in [0.1, 0.15) is 0 Å². The molecule has 0 unspecified atom stereocenters. The van der Waals surface area contributed by atoms with Gasteiger partial charge < -0.3 is 121 Å². The molecule has 37 heteroatoms. The fraction of sp³-hybridized carbons (Fsp3) is 0.500. The summed E-state index contributed by atoms with van der Waals surface area (Å²) in [6.45, 7) is 3.89. The van der Waals surface area contributed by atoms with Crippen molar-refractivity contribution in [3.05, 3.63) is 0 Å². The first kappa shape index (κ1) is 81.4. The van der Waals surface area contributed by atoms with E-state index in [4.69, 9.17) is 121 Å². The Morgan fingerprint density at radius 1 is 0.261 bits per heavy atom. The Morgan fingerprint density at radius 2 is 0.319 bits per heavy atom. The molecule has 0 fully saturated rings. The van der Waals surface area contributed by atoms with Crippen LogP contribution in [0.2, 0.25) is 0 Å². The van der Waals surface area contributed by atoms with Crippen LogP contribution in [0, 0.1) is 0 Å². The Hall–Kier alpha value is -7.76. The zero-order valence-corrected chi connectivity index (χ0v) is 37.9. The molecular weight excluding hydrogens is 1050 g/mol. The maximum Gasteiger partial charge on any atom is 4.00 e. The fourth-order valence-corrected chi connectivity index (χ4v) is 2.86. The number of carbonyl (C=O) groups excluding carboxylic acids is 4. The summed E-state index contributed by atoms with van der Waals surface area (Å²) in [6.07, 6.45) is -9.15.